The first kappa shape index (κ1) is 19.7. The fourth-order valence-electron chi connectivity index (χ4n) is 2.83. The zero-order valence-electron chi connectivity index (χ0n) is 15.6. The van der Waals surface area contributed by atoms with Crippen molar-refractivity contribution in [1.82, 2.24) is 0 Å². The summed E-state index contributed by atoms with van der Waals surface area (Å²) in [5.41, 5.74) is 9.02. The number of aliphatic carboxylic acids is 1. The Bertz CT molecular complexity index is 804. The van der Waals surface area contributed by atoms with Crippen molar-refractivity contribution < 1.29 is 19.4 Å². The van der Waals surface area contributed by atoms with E-state index in [0.29, 0.717) is 11.3 Å². The fraction of sp³-hybridized carbons (Fsp3) is 0.333. The van der Waals surface area contributed by atoms with Gasteiger partial charge in [-0.2, -0.15) is 0 Å². The summed E-state index contributed by atoms with van der Waals surface area (Å²) in [5.74, 6) is -1.07. The van der Waals surface area contributed by atoms with Crippen molar-refractivity contribution >= 4 is 11.9 Å². The minimum Gasteiger partial charge on any atom is -0.480 e. The first-order valence-electron chi connectivity index (χ1n) is 8.48. The Morgan fingerprint density at radius 1 is 1.12 bits per heavy atom. The molecule has 0 radical (unpaired) electrons. The van der Waals surface area contributed by atoms with E-state index in [4.69, 9.17) is 15.6 Å². The largest absolute Gasteiger partial charge is 0.480 e. The molecule has 0 heterocycles. The molecule has 26 heavy (non-hydrogen) atoms. The van der Waals surface area contributed by atoms with Crippen LogP contribution in [0.3, 0.4) is 0 Å². The number of carbonyl (C=O) groups excluding carboxylic acids is 1. The summed E-state index contributed by atoms with van der Waals surface area (Å²) in [6.07, 6.45) is 0.219. The number of hydrogen-bond acceptors (Lipinski definition) is 4. The van der Waals surface area contributed by atoms with E-state index in [1.807, 2.05) is 19.1 Å². The van der Waals surface area contributed by atoms with Gasteiger partial charge in [0.1, 0.15) is 11.8 Å². The molecule has 0 unspecified atom stereocenters. The van der Waals surface area contributed by atoms with Gasteiger partial charge in [0.15, 0.2) is 0 Å². The highest BCUT2D eigenvalue weighted by atomic mass is 16.5. The van der Waals surface area contributed by atoms with Gasteiger partial charge in [-0.15, -0.1) is 0 Å². The number of rotatable bonds is 5. The normalized spacial score (nSPS) is 12.5. The predicted molar refractivity (Wildman–Crippen MR) is 101 cm³/mol. The van der Waals surface area contributed by atoms with E-state index in [2.05, 4.69) is 20.8 Å². The molecule has 0 amide bonds. The summed E-state index contributed by atoms with van der Waals surface area (Å²) in [5, 5.41) is 8.84. The van der Waals surface area contributed by atoms with Crippen molar-refractivity contribution in [3.63, 3.8) is 0 Å². The maximum absolute atomic E-state index is 12.4. The van der Waals surface area contributed by atoms with E-state index < -0.39 is 18.0 Å². The average Bonchev–Trinajstić information content (AvgIpc) is 2.55. The predicted octanol–water partition coefficient (Wildman–Crippen LogP) is 3.47. The Morgan fingerprint density at radius 2 is 1.73 bits per heavy atom. The van der Waals surface area contributed by atoms with Crippen LogP contribution in [0.2, 0.25) is 0 Å². The molecule has 138 valence electrons. The molecule has 0 saturated carbocycles. The van der Waals surface area contributed by atoms with Crippen LogP contribution in [-0.2, 0) is 16.6 Å². The summed E-state index contributed by atoms with van der Waals surface area (Å²) in [4.78, 5) is 23.2. The quantitative estimate of drug-likeness (QED) is 0.633. The molecule has 2 aromatic rings. The van der Waals surface area contributed by atoms with E-state index in [9.17, 15) is 9.59 Å². The number of carboxylic acid groups (broad SMARTS) is 1. The molecular weight excluding hydrogens is 330 g/mol. The standard InChI is InChI=1S/C21H25NO4/c1-13-11-15(7-10-17(13)21(2,3)4)20(25)26-16-8-5-14(6-9-16)12-18(22)19(23)24/h5-11,18H,12,22H2,1-4H3,(H,23,24)/t18-/m0/s1. The highest BCUT2D eigenvalue weighted by Crippen LogP contribution is 2.26. The number of benzene rings is 2. The van der Waals surface area contributed by atoms with Crippen molar-refractivity contribution in [1.29, 1.82) is 0 Å². The van der Waals surface area contributed by atoms with Crippen molar-refractivity contribution in [3.05, 3.63) is 64.7 Å². The smallest absolute Gasteiger partial charge is 0.343 e. The van der Waals surface area contributed by atoms with Crippen LogP contribution in [0.1, 0.15) is 47.8 Å². The van der Waals surface area contributed by atoms with Gasteiger partial charge in [-0.1, -0.05) is 39.0 Å². The van der Waals surface area contributed by atoms with Gasteiger partial charge in [0.2, 0.25) is 0 Å². The van der Waals surface area contributed by atoms with Crippen LogP contribution in [0.5, 0.6) is 5.75 Å². The van der Waals surface area contributed by atoms with E-state index >= 15 is 0 Å². The molecule has 0 fully saturated rings. The molecule has 0 aromatic heterocycles. The Morgan fingerprint density at radius 3 is 2.23 bits per heavy atom. The van der Waals surface area contributed by atoms with Gasteiger partial charge < -0.3 is 15.6 Å². The molecule has 2 aromatic carbocycles. The van der Waals surface area contributed by atoms with Crippen LogP contribution in [0.25, 0.3) is 0 Å². The van der Waals surface area contributed by atoms with Crippen LogP contribution < -0.4 is 10.5 Å². The van der Waals surface area contributed by atoms with E-state index in [1.54, 1.807) is 30.3 Å². The van der Waals surface area contributed by atoms with E-state index in [1.165, 1.54) is 5.56 Å². The molecular formula is C21H25NO4. The molecule has 0 aliphatic heterocycles. The van der Waals surface area contributed by atoms with Crippen molar-refractivity contribution in [2.75, 3.05) is 0 Å². The lowest BCUT2D eigenvalue weighted by atomic mass is 9.83. The molecule has 0 saturated heterocycles. The zero-order valence-corrected chi connectivity index (χ0v) is 15.6. The number of carbonyl (C=O) groups is 2. The highest BCUT2D eigenvalue weighted by molar-refractivity contribution is 5.91. The summed E-state index contributed by atoms with van der Waals surface area (Å²) in [6, 6.07) is 11.3. The third-order valence-electron chi connectivity index (χ3n) is 4.18. The molecule has 0 aliphatic carbocycles. The van der Waals surface area contributed by atoms with Crippen molar-refractivity contribution in [2.24, 2.45) is 5.73 Å². The summed E-state index contributed by atoms with van der Waals surface area (Å²) < 4.78 is 5.40. The van der Waals surface area contributed by atoms with Crippen LogP contribution in [-0.4, -0.2) is 23.1 Å². The third-order valence-corrected chi connectivity index (χ3v) is 4.18. The second-order valence-electron chi connectivity index (χ2n) is 7.46. The maximum Gasteiger partial charge on any atom is 0.343 e. The minimum atomic E-state index is -1.05. The molecule has 0 spiro atoms. The summed E-state index contributed by atoms with van der Waals surface area (Å²) >= 11 is 0. The van der Waals surface area contributed by atoms with Gasteiger partial charge in [0.25, 0.3) is 0 Å². The SMILES string of the molecule is Cc1cc(C(=O)Oc2ccc(C[C@H](N)C(=O)O)cc2)ccc1C(C)(C)C. The Labute approximate surface area is 153 Å². The fourth-order valence-corrected chi connectivity index (χ4v) is 2.83. The number of esters is 1. The molecule has 1 atom stereocenters. The number of hydrogen-bond donors (Lipinski definition) is 2. The average molecular weight is 355 g/mol. The van der Waals surface area contributed by atoms with Crippen LogP contribution >= 0.6 is 0 Å². The van der Waals surface area contributed by atoms with Gasteiger partial charge in [-0.3, -0.25) is 4.79 Å². The van der Waals surface area contributed by atoms with Crippen molar-refractivity contribution in [2.45, 2.75) is 45.6 Å². The Hall–Kier alpha value is -2.66. The van der Waals surface area contributed by atoms with Crippen LogP contribution in [0.15, 0.2) is 42.5 Å². The number of carboxylic acids is 1. The lowest BCUT2D eigenvalue weighted by Crippen LogP contribution is -2.32. The minimum absolute atomic E-state index is 0.0130. The van der Waals surface area contributed by atoms with Crippen LogP contribution in [0, 0.1) is 6.92 Å². The first-order chi connectivity index (χ1) is 12.1. The van der Waals surface area contributed by atoms with Gasteiger partial charge in [-0.05, 0) is 59.7 Å². The Kier molecular flexibility index (Phi) is 5.83. The van der Waals surface area contributed by atoms with Gasteiger partial charge in [0.05, 0.1) is 5.56 Å². The second-order valence-corrected chi connectivity index (χ2v) is 7.46. The van der Waals surface area contributed by atoms with Crippen molar-refractivity contribution in [3.8, 4) is 5.75 Å². The summed E-state index contributed by atoms with van der Waals surface area (Å²) in [7, 11) is 0. The lowest BCUT2D eigenvalue weighted by molar-refractivity contribution is -0.138. The van der Waals surface area contributed by atoms with Gasteiger partial charge in [0, 0.05) is 0 Å². The molecule has 5 nitrogen and oxygen atoms in total. The molecule has 5 heteroatoms. The molecule has 3 N–H and O–H groups in total. The third kappa shape index (κ3) is 4.92. The zero-order chi connectivity index (χ0) is 19.5. The topological polar surface area (TPSA) is 89.6 Å². The monoisotopic (exact) mass is 355 g/mol. The molecule has 2 rings (SSSR count). The summed E-state index contributed by atoms with van der Waals surface area (Å²) in [6.45, 7) is 8.37. The molecule has 0 aliphatic rings. The van der Waals surface area contributed by atoms with E-state index in [0.717, 1.165) is 11.1 Å². The Balaban J connectivity index is 2.08. The molecule has 0 bridgehead atoms. The second kappa shape index (κ2) is 7.70. The van der Waals surface area contributed by atoms with Gasteiger partial charge >= 0.3 is 11.9 Å². The highest BCUT2D eigenvalue weighted by Gasteiger charge is 2.18. The van der Waals surface area contributed by atoms with Gasteiger partial charge in [-0.25, -0.2) is 4.79 Å². The van der Waals surface area contributed by atoms with E-state index in [-0.39, 0.29) is 11.8 Å². The lowest BCUT2D eigenvalue weighted by Gasteiger charge is -2.22. The first-order valence-corrected chi connectivity index (χ1v) is 8.48. The number of ether oxygens (including phenoxy) is 1. The van der Waals surface area contributed by atoms with Crippen LogP contribution in [0.4, 0.5) is 0 Å². The number of nitrogens with two attached hydrogens (primary N) is 1. The number of aryl methyl sites for hydroxylation is 1. The maximum atomic E-state index is 12.4.